The minimum Gasteiger partial charge on any atom is -0.390 e. The van der Waals surface area contributed by atoms with Crippen molar-refractivity contribution in [1.29, 1.82) is 0 Å². The van der Waals surface area contributed by atoms with Crippen LogP contribution in [0.25, 0.3) is 22.0 Å². The molecule has 0 radical (unpaired) electrons. The number of pyridine rings is 1. The average molecular weight is 436 g/mol. The number of hydrogen-bond donors (Lipinski definition) is 3. The van der Waals surface area contributed by atoms with Crippen LogP contribution in [-0.4, -0.2) is 26.7 Å². The van der Waals surface area contributed by atoms with Gasteiger partial charge in [-0.3, -0.25) is 0 Å². The number of nitrogens with zero attached hydrogens (tertiary/aromatic N) is 1. The van der Waals surface area contributed by atoms with Crippen LogP contribution in [0.4, 0.5) is 5.69 Å². The number of para-hydroxylation sites is 1. The van der Waals surface area contributed by atoms with Crippen LogP contribution in [0.3, 0.4) is 0 Å². The van der Waals surface area contributed by atoms with Crippen molar-refractivity contribution in [2.45, 2.75) is 52.2 Å². The molecular formula is C29H29N3O. The van der Waals surface area contributed by atoms with Crippen LogP contribution in [0, 0.1) is 25.7 Å². The van der Waals surface area contributed by atoms with Crippen LogP contribution in [0.5, 0.6) is 0 Å². The fourth-order valence-corrected chi connectivity index (χ4v) is 5.07. The second-order valence-electron chi connectivity index (χ2n) is 9.65. The SMILES string of the molecule is Cc1cc(-c2cccc3c(C)c[nH]c23)c(C#Cc2ccccn2)c2c1NC(C)(C)[C@H](O)[C@H]2C. The standard InChI is InChI=1S/C29H29N3O/c1-17-15-24(23-11-8-10-21-18(2)16-31-27(21)23)22(13-12-20-9-6-7-14-30-20)25-19(3)28(33)29(4,5)32-26(17)25/h6-11,14-16,19,28,31-33H,1-5H3/t19-,28+/m0/s1. The molecule has 1 aliphatic heterocycles. The fraction of sp³-hybridized carbons (Fsp3) is 0.276. The van der Waals surface area contributed by atoms with Crippen molar-refractivity contribution in [2.24, 2.45) is 0 Å². The third-order valence-electron chi connectivity index (χ3n) is 6.87. The molecule has 0 aliphatic carbocycles. The molecule has 0 fully saturated rings. The lowest BCUT2D eigenvalue weighted by atomic mass is 9.75. The monoisotopic (exact) mass is 435 g/mol. The molecule has 3 heterocycles. The van der Waals surface area contributed by atoms with E-state index in [1.807, 2.05) is 32.0 Å². The highest BCUT2D eigenvalue weighted by molar-refractivity contribution is 5.98. The molecule has 2 atom stereocenters. The first kappa shape index (κ1) is 21.3. The Morgan fingerprint density at radius 1 is 1.00 bits per heavy atom. The van der Waals surface area contributed by atoms with Crippen LogP contribution < -0.4 is 5.32 Å². The number of aliphatic hydroxyl groups is 1. The maximum absolute atomic E-state index is 11.2. The summed E-state index contributed by atoms with van der Waals surface area (Å²) < 4.78 is 0. The van der Waals surface area contributed by atoms with Gasteiger partial charge in [0.2, 0.25) is 0 Å². The van der Waals surface area contributed by atoms with Gasteiger partial charge in [0, 0.05) is 46.1 Å². The van der Waals surface area contributed by atoms with Gasteiger partial charge >= 0.3 is 0 Å². The quantitative estimate of drug-likeness (QED) is 0.326. The third-order valence-corrected chi connectivity index (χ3v) is 6.87. The molecule has 0 bridgehead atoms. The highest BCUT2D eigenvalue weighted by atomic mass is 16.3. The Kier molecular flexibility index (Phi) is 5.03. The van der Waals surface area contributed by atoms with Gasteiger partial charge in [-0.25, -0.2) is 4.98 Å². The summed E-state index contributed by atoms with van der Waals surface area (Å²) in [6, 6.07) is 14.4. The summed E-state index contributed by atoms with van der Waals surface area (Å²) in [5, 5.41) is 16.0. The number of hydrogen-bond acceptors (Lipinski definition) is 3. The molecule has 0 saturated carbocycles. The third kappa shape index (κ3) is 3.50. The van der Waals surface area contributed by atoms with Gasteiger partial charge in [0.1, 0.15) is 5.69 Å². The Bertz CT molecular complexity index is 1420. The zero-order valence-electron chi connectivity index (χ0n) is 19.7. The average Bonchev–Trinajstić information content (AvgIpc) is 3.19. The van der Waals surface area contributed by atoms with Crippen molar-refractivity contribution in [2.75, 3.05) is 5.32 Å². The summed E-state index contributed by atoms with van der Waals surface area (Å²) in [5.74, 6) is 6.65. The fourth-order valence-electron chi connectivity index (χ4n) is 5.07. The van der Waals surface area contributed by atoms with Gasteiger partial charge in [-0.1, -0.05) is 37.1 Å². The second-order valence-corrected chi connectivity index (χ2v) is 9.65. The minimum absolute atomic E-state index is 0.0764. The Hall–Kier alpha value is -3.55. The molecule has 5 rings (SSSR count). The molecule has 33 heavy (non-hydrogen) atoms. The van der Waals surface area contributed by atoms with E-state index in [9.17, 15) is 5.11 Å². The second kappa shape index (κ2) is 7.79. The van der Waals surface area contributed by atoms with E-state index in [2.05, 4.69) is 78.4 Å². The van der Waals surface area contributed by atoms with Gasteiger partial charge in [0.15, 0.2) is 0 Å². The smallest absolute Gasteiger partial charge is 0.113 e. The molecule has 0 saturated heterocycles. The summed E-state index contributed by atoms with van der Waals surface area (Å²) >= 11 is 0. The van der Waals surface area contributed by atoms with E-state index in [-0.39, 0.29) is 5.92 Å². The molecule has 0 unspecified atom stereocenters. The van der Waals surface area contributed by atoms with Gasteiger partial charge in [0.05, 0.1) is 17.2 Å². The first-order valence-corrected chi connectivity index (χ1v) is 11.4. The Balaban J connectivity index is 1.83. The van der Waals surface area contributed by atoms with Crippen molar-refractivity contribution >= 4 is 16.6 Å². The number of H-pyrrole nitrogens is 1. The van der Waals surface area contributed by atoms with Crippen molar-refractivity contribution in [3.63, 3.8) is 0 Å². The lowest BCUT2D eigenvalue weighted by Gasteiger charge is -2.43. The summed E-state index contributed by atoms with van der Waals surface area (Å²) in [4.78, 5) is 7.85. The van der Waals surface area contributed by atoms with E-state index in [0.717, 1.165) is 44.7 Å². The van der Waals surface area contributed by atoms with E-state index in [1.165, 1.54) is 10.9 Å². The van der Waals surface area contributed by atoms with Crippen LogP contribution in [0.1, 0.15) is 54.6 Å². The van der Waals surface area contributed by atoms with E-state index >= 15 is 0 Å². The lowest BCUT2D eigenvalue weighted by Crippen LogP contribution is -2.50. The van der Waals surface area contributed by atoms with Gasteiger partial charge in [-0.15, -0.1) is 0 Å². The summed E-state index contributed by atoms with van der Waals surface area (Å²) in [7, 11) is 0. The van der Waals surface area contributed by atoms with E-state index in [0.29, 0.717) is 0 Å². The Morgan fingerprint density at radius 3 is 2.58 bits per heavy atom. The van der Waals surface area contributed by atoms with Gasteiger partial charge in [-0.2, -0.15) is 0 Å². The van der Waals surface area contributed by atoms with Crippen LogP contribution >= 0.6 is 0 Å². The molecule has 0 amide bonds. The molecule has 166 valence electrons. The molecule has 4 heteroatoms. The number of rotatable bonds is 1. The maximum atomic E-state index is 11.2. The summed E-state index contributed by atoms with van der Waals surface area (Å²) in [6.45, 7) is 10.4. The van der Waals surface area contributed by atoms with E-state index < -0.39 is 11.6 Å². The van der Waals surface area contributed by atoms with Crippen molar-refractivity contribution in [3.8, 4) is 23.0 Å². The van der Waals surface area contributed by atoms with Crippen LogP contribution in [0.2, 0.25) is 0 Å². The predicted molar refractivity (Wildman–Crippen MR) is 136 cm³/mol. The zero-order chi connectivity index (χ0) is 23.3. The predicted octanol–water partition coefficient (Wildman–Crippen LogP) is 5.92. The number of aromatic amines is 1. The van der Waals surface area contributed by atoms with Gasteiger partial charge in [-0.05, 0) is 68.5 Å². The number of fused-ring (bicyclic) bond motifs is 2. The molecule has 3 N–H and O–H groups in total. The highest BCUT2D eigenvalue weighted by Gasteiger charge is 2.40. The molecule has 4 aromatic rings. The number of benzene rings is 2. The van der Waals surface area contributed by atoms with Crippen molar-refractivity contribution in [3.05, 3.63) is 82.8 Å². The largest absolute Gasteiger partial charge is 0.390 e. The van der Waals surface area contributed by atoms with E-state index in [1.54, 1.807) is 6.20 Å². The topological polar surface area (TPSA) is 60.9 Å². The molecule has 2 aromatic carbocycles. The van der Waals surface area contributed by atoms with Crippen LogP contribution in [-0.2, 0) is 0 Å². The Labute approximate surface area is 195 Å². The summed E-state index contributed by atoms with van der Waals surface area (Å²) in [6.07, 6.45) is 3.27. The Morgan fingerprint density at radius 2 is 1.82 bits per heavy atom. The van der Waals surface area contributed by atoms with E-state index in [4.69, 9.17) is 0 Å². The van der Waals surface area contributed by atoms with Gasteiger partial charge in [0.25, 0.3) is 0 Å². The minimum atomic E-state index is -0.543. The molecule has 1 aliphatic rings. The number of anilines is 1. The molecular weight excluding hydrogens is 406 g/mol. The molecule has 2 aromatic heterocycles. The highest BCUT2D eigenvalue weighted by Crippen LogP contribution is 2.46. The lowest BCUT2D eigenvalue weighted by molar-refractivity contribution is 0.0868. The first-order chi connectivity index (χ1) is 15.8. The first-order valence-electron chi connectivity index (χ1n) is 11.4. The number of aliphatic hydroxyl groups excluding tert-OH is 1. The number of aromatic nitrogens is 2. The summed E-state index contributed by atoms with van der Waals surface area (Å²) in [5.41, 5.74) is 9.03. The van der Waals surface area contributed by atoms with Crippen molar-refractivity contribution in [1.82, 2.24) is 9.97 Å². The maximum Gasteiger partial charge on any atom is 0.113 e. The zero-order valence-corrected chi connectivity index (χ0v) is 19.7. The number of aryl methyl sites for hydroxylation is 2. The normalized spacial score (nSPS) is 18.8. The van der Waals surface area contributed by atoms with Crippen molar-refractivity contribution < 1.29 is 5.11 Å². The van der Waals surface area contributed by atoms with Gasteiger partial charge < -0.3 is 15.4 Å². The van der Waals surface area contributed by atoms with Crippen LogP contribution in [0.15, 0.2) is 54.9 Å². The molecule has 0 spiro atoms. The molecule has 4 nitrogen and oxygen atoms in total. The number of nitrogens with one attached hydrogen (secondary N) is 2.